The third-order valence-corrected chi connectivity index (χ3v) is 2.76. The number of benzene rings is 1. The summed E-state index contributed by atoms with van der Waals surface area (Å²) in [6, 6.07) is 12.0. The lowest BCUT2D eigenvalue weighted by atomic mass is 10.1. The minimum absolute atomic E-state index is 0.00158. The fourth-order valence-electron chi connectivity index (χ4n) is 1.97. The number of rotatable bonds is 4. The van der Waals surface area contributed by atoms with Crippen LogP contribution in [0.15, 0.2) is 36.4 Å². The maximum atomic E-state index is 11.7. The standard InChI is InChI=1S/C16H21N3O/c1-16(2,3)19-15(20)11-17-10-13-9-8-12-6-4-5-7-14(12)18-13/h4-9,17H,10-11H2,1-3H3,(H,19,20). The average molecular weight is 271 g/mol. The maximum absolute atomic E-state index is 11.7. The highest BCUT2D eigenvalue weighted by Crippen LogP contribution is 2.11. The van der Waals surface area contributed by atoms with Crippen LogP contribution in [0.4, 0.5) is 0 Å². The number of aromatic nitrogens is 1. The van der Waals surface area contributed by atoms with Gasteiger partial charge in [-0.1, -0.05) is 24.3 Å². The molecule has 0 aliphatic heterocycles. The van der Waals surface area contributed by atoms with Gasteiger partial charge in [0.05, 0.1) is 17.8 Å². The largest absolute Gasteiger partial charge is 0.350 e. The molecule has 0 saturated heterocycles. The Morgan fingerprint density at radius 3 is 2.65 bits per heavy atom. The quantitative estimate of drug-likeness (QED) is 0.896. The lowest BCUT2D eigenvalue weighted by molar-refractivity contribution is -0.121. The Morgan fingerprint density at radius 1 is 1.15 bits per heavy atom. The summed E-state index contributed by atoms with van der Waals surface area (Å²) in [7, 11) is 0. The third kappa shape index (κ3) is 4.31. The molecule has 0 unspecified atom stereocenters. The van der Waals surface area contributed by atoms with E-state index in [0.717, 1.165) is 16.6 Å². The van der Waals surface area contributed by atoms with Gasteiger partial charge in [0, 0.05) is 17.5 Å². The first-order valence-corrected chi connectivity index (χ1v) is 6.80. The minimum Gasteiger partial charge on any atom is -0.350 e. The molecule has 0 fully saturated rings. The van der Waals surface area contributed by atoms with Crippen LogP contribution in [-0.4, -0.2) is 23.0 Å². The summed E-state index contributed by atoms with van der Waals surface area (Å²) in [4.78, 5) is 16.2. The zero-order chi connectivity index (χ0) is 14.6. The molecule has 4 heteroatoms. The van der Waals surface area contributed by atoms with Crippen LogP contribution in [0, 0.1) is 0 Å². The van der Waals surface area contributed by atoms with Gasteiger partial charge in [0.2, 0.25) is 5.91 Å². The molecule has 0 aliphatic carbocycles. The van der Waals surface area contributed by atoms with Crippen LogP contribution in [0.5, 0.6) is 0 Å². The molecule has 106 valence electrons. The summed E-state index contributed by atoms with van der Waals surface area (Å²) < 4.78 is 0. The van der Waals surface area contributed by atoms with Crippen molar-refractivity contribution in [2.75, 3.05) is 6.54 Å². The molecule has 0 saturated carbocycles. The Hall–Kier alpha value is -1.94. The molecule has 0 radical (unpaired) electrons. The number of nitrogens with one attached hydrogen (secondary N) is 2. The van der Waals surface area contributed by atoms with Crippen molar-refractivity contribution in [3.63, 3.8) is 0 Å². The molecule has 0 aliphatic rings. The topological polar surface area (TPSA) is 54.0 Å². The Bertz CT molecular complexity index is 602. The van der Waals surface area contributed by atoms with E-state index in [2.05, 4.69) is 21.7 Å². The Labute approximate surface area is 119 Å². The predicted molar refractivity (Wildman–Crippen MR) is 81.3 cm³/mol. The van der Waals surface area contributed by atoms with E-state index < -0.39 is 0 Å². The summed E-state index contributed by atoms with van der Waals surface area (Å²) >= 11 is 0. The van der Waals surface area contributed by atoms with Crippen LogP contribution in [0.3, 0.4) is 0 Å². The van der Waals surface area contributed by atoms with Gasteiger partial charge in [-0.2, -0.15) is 0 Å². The Morgan fingerprint density at radius 2 is 1.90 bits per heavy atom. The molecule has 1 amide bonds. The number of para-hydroxylation sites is 1. The van der Waals surface area contributed by atoms with Gasteiger partial charge in [-0.25, -0.2) is 0 Å². The summed E-state index contributed by atoms with van der Waals surface area (Å²) in [6.07, 6.45) is 0. The van der Waals surface area contributed by atoms with E-state index in [0.29, 0.717) is 13.1 Å². The molecular formula is C16H21N3O. The van der Waals surface area contributed by atoms with Gasteiger partial charge in [-0.3, -0.25) is 9.78 Å². The second-order valence-corrected chi connectivity index (χ2v) is 5.90. The van der Waals surface area contributed by atoms with E-state index >= 15 is 0 Å². The molecule has 2 rings (SSSR count). The first-order valence-electron chi connectivity index (χ1n) is 6.80. The van der Waals surface area contributed by atoms with Crippen LogP contribution in [0.25, 0.3) is 10.9 Å². The zero-order valence-corrected chi connectivity index (χ0v) is 12.2. The van der Waals surface area contributed by atoms with Gasteiger partial charge in [-0.05, 0) is 32.9 Å². The van der Waals surface area contributed by atoms with Gasteiger partial charge in [0.15, 0.2) is 0 Å². The second-order valence-electron chi connectivity index (χ2n) is 5.90. The number of hydrogen-bond donors (Lipinski definition) is 2. The van der Waals surface area contributed by atoms with Crippen molar-refractivity contribution in [1.29, 1.82) is 0 Å². The molecule has 0 spiro atoms. The third-order valence-electron chi connectivity index (χ3n) is 2.76. The number of nitrogens with zero attached hydrogens (tertiary/aromatic N) is 1. The highest BCUT2D eigenvalue weighted by atomic mass is 16.2. The molecule has 4 nitrogen and oxygen atoms in total. The molecule has 2 aromatic rings. The van der Waals surface area contributed by atoms with Crippen LogP contribution < -0.4 is 10.6 Å². The first-order chi connectivity index (χ1) is 9.44. The molecule has 0 atom stereocenters. The fraction of sp³-hybridized carbons (Fsp3) is 0.375. The van der Waals surface area contributed by atoms with Gasteiger partial charge in [0.1, 0.15) is 0 Å². The van der Waals surface area contributed by atoms with E-state index in [1.807, 2.05) is 51.1 Å². The molecule has 1 heterocycles. The van der Waals surface area contributed by atoms with Crippen molar-refractivity contribution in [3.05, 3.63) is 42.1 Å². The Balaban J connectivity index is 1.88. The van der Waals surface area contributed by atoms with Crippen molar-refractivity contribution < 1.29 is 4.79 Å². The van der Waals surface area contributed by atoms with Crippen LogP contribution in [0.2, 0.25) is 0 Å². The fourth-order valence-corrected chi connectivity index (χ4v) is 1.97. The SMILES string of the molecule is CC(C)(C)NC(=O)CNCc1ccc2ccccc2n1. The molecule has 2 N–H and O–H groups in total. The van der Waals surface area contributed by atoms with Crippen molar-refractivity contribution in [2.24, 2.45) is 0 Å². The van der Waals surface area contributed by atoms with Crippen molar-refractivity contribution in [3.8, 4) is 0 Å². The highest BCUT2D eigenvalue weighted by molar-refractivity contribution is 5.79. The zero-order valence-electron chi connectivity index (χ0n) is 12.2. The smallest absolute Gasteiger partial charge is 0.234 e. The number of pyridine rings is 1. The van der Waals surface area contributed by atoms with Gasteiger partial charge in [0.25, 0.3) is 0 Å². The van der Waals surface area contributed by atoms with Crippen molar-refractivity contribution in [2.45, 2.75) is 32.9 Å². The van der Waals surface area contributed by atoms with E-state index in [1.165, 1.54) is 0 Å². The molecule has 20 heavy (non-hydrogen) atoms. The minimum atomic E-state index is -0.194. The molecule has 1 aromatic heterocycles. The van der Waals surface area contributed by atoms with Crippen LogP contribution >= 0.6 is 0 Å². The molecule has 0 bridgehead atoms. The van der Waals surface area contributed by atoms with E-state index in [1.54, 1.807) is 0 Å². The number of amides is 1. The normalized spacial score (nSPS) is 11.6. The van der Waals surface area contributed by atoms with Gasteiger partial charge >= 0.3 is 0 Å². The Kier molecular flexibility index (Phi) is 4.35. The van der Waals surface area contributed by atoms with E-state index in [-0.39, 0.29) is 11.4 Å². The molecule has 1 aromatic carbocycles. The van der Waals surface area contributed by atoms with Crippen molar-refractivity contribution >= 4 is 16.8 Å². The van der Waals surface area contributed by atoms with E-state index in [4.69, 9.17) is 0 Å². The van der Waals surface area contributed by atoms with Crippen LogP contribution in [-0.2, 0) is 11.3 Å². The van der Waals surface area contributed by atoms with Crippen molar-refractivity contribution in [1.82, 2.24) is 15.6 Å². The average Bonchev–Trinajstić information content (AvgIpc) is 2.36. The molecular weight excluding hydrogens is 250 g/mol. The summed E-state index contributed by atoms with van der Waals surface area (Å²) in [5.41, 5.74) is 1.72. The second kappa shape index (κ2) is 6.01. The summed E-state index contributed by atoms with van der Waals surface area (Å²) in [5, 5.41) is 7.15. The summed E-state index contributed by atoms with van der Waals surface area (Å²) in [6.45, 7) is 6.79. The lowest BCUT2D eigenvalue weighted by Gasteiger charge is -2.20. The van der Waals surface area contributed by atoms with Crippen LogP contribution in [0.1, 0.15) is 26.5 Å². The number of carbonyl (C=O) groups excluding carboxylic acids is 1. The van der Waals surface area contributed by atoms with E-state index in [9.17, 15) is 4.79 Å². The monoisotopic (exact) mass is 271 g/mol. The summed E-state index contributed by atoms with van der Waals surface area (Å²) in [5.74, 6) is -0.00158. The number of hydrogen-bond acceptors (Lipinski definition) is 3. The van der Waals surface area contributed by atoms with Gasteiger partial charge < -0.3 is 10.6 Å². The first kappa shape index (κ1) is 14.5. The lowest BCUT2D eigenvalue weighted by Crippen LogP contribution is -2.44. The maximum Gasteiger partial charge on any atom is 0.234 e. The number of carbonyl (C=O) groups is 1. The number of fused-ring (bicyclic) bond motifs is 1. The predicted octanol–water partition coefficient (Wildman–Crippen LogP) is 2.24. The highest BCUT2D eigenvalue weighted by Gasteiger charge is 2.12. The van der Waals surface area contributed by atoms with Gasteiger partial charge in [-0.15, -0.1) is 0 Å².